The number of ether oxygens (including phenoxy) is 1. The molecule has 0 heterocycles. The first-order valence-corrected chi connectivity index (χ1v) is 7.39. The van der Waals surface area contributed by atoms with Crippen LogP contribution >= 0.6 is 0 Å². The van der Waals surface area contributed by atoms with E-state index in [4.69, 9.17) is 10.5 Å². The zero-order valence-corrected chi connectivity index (χ0v) is 11.4. The van der Waals surface area contributed by atoms with E-state index in [1.54, 1.807) is 38.3 Å². The molecule has 6 heteroatoms. The van der Waals surface area contributed by atoms with Crippen LogP contribution in [0.5, 0.6) is 5.75 Å². The molecule has 0 saturated heterocycles. The second kappa shape index (κ2) is 6.17. The van der Waals surface area contributed by atoms with Gasteiger partial charge >= 0.3 is 0 Å². The Morgan fingerprint density at radius 2 is 1.89 bits per heavy atom. The van der Waals surface area contributed by atoms with Crippen LogP contribution in [0, 0.1) is 0 Å². The third-order valence-electron chi connectivity index (χ3n) is 2.94. The summed E-state index contributed by atoms with van der Waals surface area (Å²) in [6.07, 6.45) is 0. The predicted molar refractivity (Wildman–Crippen MR) is 70.3 cm³/mol. The van der Waals surface area contributed by atoms with Gasteiger partial charge in [0.2, 0.25) is 0 Å². The SMILES string of the molecule is CCS(=O)(=O)[C@H](CO)[C@H](N)c1ccc(OC)cc1. The molecule has 0 saturated carbocycles. The Morgan fingerprint density at radius 3 is 2.28 bits per heavy atom. The summed E-state index contributed by atoms with van der Waals surface area (Å²) in [5, 5.41) is 8.27. The molecule has 0 fully saturated rings. The molecule has 0 aliphatic heterocycles. The average molecular weight is 273 g/mol. The first kappa shape index (κ1) is 14.9. The maximum absolute atomic E-state index is 11.8. The van der Waals surface area contributed by atoms with Crippen molar-refractivity contribution in [2.24, 2.45) is 5.73 Å². The maximum Gasteiger partial charge on any atom is 0.157 e. The van der Waals surface area contributed by atoms with E-state index in [9.17, 15) is 13.5 Å². The molecular weight excluding hydrogens is 254 g/mol. The molecule has 0 amide bonds. The van der Waals surface area contributed by atoms with Crippen LogP contribution in [0.2, 0.25) is 0 Å². The number of methoxy groups -OCH3 is 1. The van der Waals surface area contributed by atoms with Gasteiger partial charge in [0.05, 0.1) is 13.7 Å². The van der Waals surface area contributed by atoms with Crippen LogP contribution in [0.3, 0.4) is 0 Å². The fraction of sp³-hybridized carbons (Fsp3) is 0.500. The molecular formula is C12H19NO4S. The Kier molecular flexibility index (Phi) is 5.13. The van der Waals surface area contributed by atoms with Gasteiger partial charge in [-0.3, -0.25) is 0 Å². The second-order valence-corrected chi connectivity index (χ2v) is 6.48. The second-order valence-electron chi connectivity index (χ2n) is 3.97. The van der Waals surface area contributed by atoms with Crippen LogP contribution < -0.4 is 10.5 Å². The van der Waals surface area contributed by atoms with E-state index in [-0.39, 0.29) is 5.75 Å². The van der Waals surface area contributed by atoms with E-state index < -0.39 is 27.7 Å². The molecule has 0 unspecified atom stereocenters. The van der Waals surface area contributed by atoms with Crippen molar-refractivity contribution in [3.63, 3.8) is 0 Å². The maximum atomic E-state index is 11.8. The number of rotatable bonds is 6. The molecule has 0 aromatic heterocycles. The molecule has 1 aromatic rings. The molecule has 0 bridgehead atoms. The first-order chi connectivity index (χ1) is 8.46. The van der Waals surface area contributed by atoms with Crippen molar-refractivity contribution >= 4 is 9.84 Å². The van der Waals surface area contributed by atoms with Crippen molar-refractivity contribution in [2.75, 3.05) is 19.5 Å². The fourth-order valence-electron chi connectivity index (χ4n) is 1.71. The third-order valence-corrected chi connectivity index (χ3v) is 5.11. The summed E-state index contributed by atoms with van der Waals surface area (Å²) in [7, 11) is -1.83. The smallest absolute Gasteiger partial charge is 0.157 e. The van der Waals surface area contributed by atoms with Crippen molar-refractivity contribution in [1.29, 1.82) is 0 Å². The summed E-state index contributed by atoms with van der Waals surface area (Å²) in [5.74, 6) is 0.632. The lowest BCUT2D eigenvalue weighted by Crippen LogP contribution is -2.37. The van der Waals surface area contributed by atoms with E-state index in [1.807, 2.05) is 0 Å². The van der Waals surface area contributed by atoms with E-state index in [0.29, 0.717) is 11.3 Å². The highest BCUT2D eigenvalue weighted by molar-refractivity contribution is 7.92. The monoisotopic (exact) mass is 273 g/mol. The molecule has 0 radical (unpaired) electrons. The van der Waals surface area contributed by atoms with Gasteiger partial charge in [-0.1, -0.05) is 19.1 Å². The standard InChI is InChI=1S/C12H19NO4S/c1-3-18(15,16)11(8-14)12(13)9-4-6-10(17-2)7-5-9/h4-7,11-12,14H,3,8,13H2,1-2H3/t11-,12-/m1/s1. The minimum Gasteiger partial charge on any atom is -0.497 e. The number of hydrogen-bond donors (Lipinski definition) is 2. The predicted octanol–water partition coefficient (Wildman–Crippen LogP) is 0.491. The molecule has 3 N–H and O–H groups in total. The Labute approximate surface area is 107 Å². The van der Waals surface area contributed by atoms with Gasteiger partial charge in [0, 0.05) is 11.8 Å². The number of aliphatic hydroxyl groups is 1. The van der Waals surface area contributed by atoms with Gasteiger partial charge in [0.15, 0.2) is 9.84 Å². The first-order valence-electron chi connectivity index (χ1n) is 5.68. The third kappa shape index (κ3) is 3.22. The number of benzene rings is 1. The average Bonchev–Trinajstić information content (AvgIpc) is 2.39. The minimum absolute atomic E-state index is 0.0396. The molecule has 2 atom stereocenters. The highest BCUT2D eigenvalue weighted by atomic mass is 32.2. The van der Waals surface area contributed by atoms with Gasteiger partial charge in [-0.25, -0.2) is 8.42 Å². The van der Waals surface area contributed by atoms with Crippen LogP contribution in [-0.2, 0) is 9.84 Å². The van der Waals surface area contributed by atoms with E-state index >= 15 is 0 Å². The fourth-order valence-corrected chi connectivity index (χ4v) is 2.96. The van der Waals surface area contributed by atoms with Gasteiger partial charge < -0.3 is 15.6 Å². The summed E-state index contributed by atoms with van der Waals surface area (Å²) in [5.41, 5.74) is 6.58. The topological polar surface area (TPSA) is 89.6 Å². The quantitative estimate of drug-likeness (QED) is 0.787. The molecule has 102 valence electrons. The summed E-state index contributed by atoms with van der Waals surface area (Å²) in [4.78, 5) is 0. The summed E-state index contributed by atoms with van der Waals surface area (Å²) in [6, 6.07) is 6.09. The van der Waals surface area contributed by atoms with Crippen LogP contribution in [-0.4, -0.2) is 38.2 Å². The molecule has 1 aromatic carbocycles. The Hall–Kier alpha value is -1.11. The lowest BCUT2D eigenvalue weighted by atomic mass is 10.0. The molecule has 0 aliphatic carbocycles. The zero-order valence-electron chi connectivity index (χ0n) is 10.5. The van der Waals surface area contributed by atoms with Crippen molar-refractivity contribution in [2.45, 2.75) is 18.2 Å². The Morgan fingerprint density at radius 1 is 1.33 bits per heavy atom. The van der Waals surface area contributed by atoms with E-state index in [1.165, 1.54) is 0 Å². The molecule has 1 rings (SSSR count). The van der Waals surface area contributed by atoms with Gasteiger partial charge in [-0.05, 0) is 17.7 Å². The lowest BCUT2D eigenvalue weighted by Gasteiger charge is -2.22. The minimum atomic E-state index is -3.38. The number of aliphatic hydroxyl groups excluding tert-OH is 1. The van der Waals surface area contributed by atoms with Gasteiger partial charge in [-0.2, -0.15) is 0 Å². The van der Waals surface area contributed by atoms with Crippen molar-refractivity contribution < 1.29 is 18.3 Å². The molecule has 0 spiro atoms. The summed E-state index contributed by atoms with van der Waals surface area (Å²) < 4.78 is 28.6. The Bertz CT molecular complexity index is 469. The van der Waals surface area contributed by atoms with Crippen LogP contribution in [0.25, 0.3) is 0 Å². The van der Waals surface area contributed by atoms with E-state index in [2.05, 4.69) is 0 Å². The zero-order chi connectivity index (χ0) is 13.8. The van der Waals surface area contributed by atoms with Crippen LogP contribution in [0.15, 0.2) is 24.3 Å². The van der Waals surface area contributed by atoms with Crippen molar-refractivity contribution in [3.05, 3.63) is 29.8 Å². The Balaban J connectivity index is 3.00. The molecule has 0 aliphatic rings. The van der Waals surface area contributed by atoms with E-state index in [0.717, 1.165) is 0 Å². The summed E-state index contributed by atoms with van der Waals surface area (Å²) >= 11 is 0. The highest BCUT2D eigenvalue weighted by Gasteiger charge is 2.30. The number of sulfone groups is 1. The largest absolute Gasteiger partial charge is 0.497 e. The normalized spacial score (nSPS) is 15.1. The van der Waals surface area contributed by atoms with Crippen molar-refractivity contribution in [1.82, 2.24) is 0 Å². The highest BCUT2D eigenvalue weighted by Crippen LogP contribution is 2.22. The summed E-state index contributed by atoms with van der Waals surface area (Å²) in [6.45, 7) is 1.06. The number of hydrogen-bond acceptors (Lipinski definition) is 5. The van der Waals surface area contributed by atoms with Crippen LogP contribution in [0.1, 0.15) is 18.5 Å². The van der Waals surface area contributed by atoms with Crippen LogP contribution in [0.4, 0.5) is 0 Å². The molecule has 18 heavy (non-hydrogen) atoms. The van der Waals surface area contributed by atoms with Gasteiger partial charge in [0.25, 0.3) is 0 Å². The molecule has 5 nitrogen and oxygen atoms in total. The number of nitrogens with two attached hydrogens (primary N) is 1. The van der Waals surface area contributed by atoms with Crippen molar-refractivity contribution in [3.8, 4) is 5.75 Å². The lowest BCUT2D eigenvalue weighted by molar-refractivity contribution is 0.277. The van der Waals surface area contributed by atoms with Gasteiger partial charge in [0.1, 0.15) is 11.0 Å². The van der Waals surface area contributed by atoms with Gasteiger partial charge in [-0.15, -0.1) is 0 Å².